The Morgan fingerprint density at radius 3 is 2.35 bits per heavy atom. The number of rotatable bonds is 2. The highest BCUT2D eigenvalue weighted by Gasteiger charge is 2.30. The Kier molecular flexibility index (Phi) is 6.87. The van der Waals surface area contributed by atoms with E-state index in [1.807, 2.05) is 56.3 Å². The van der Waals surface area contributed by atoms with Crippen LogP contribution < -0.4 is 5.73 Å². The van der Waals surface area contributed by atoms with Gasteiger partial charge in [-0.2, -0.15) is 0 Å². The summed E-state index contributed by atoms with van der Waals surface area (Å²) in [5.74, 6) is 2.24. The molecule has 0 heterocycles. The van der Waals surface area contributed by atoms with Crippen molar-refractivity contribution < 1.29 is 9.53 Å². The zero-order valence-electron chi connectivity index (χ0n) is 13.5. The molecule has 2 rings (SSSR count). The van der Waals surface area contributed by atoms with Gasteiger partial charge in [0.25, 0.3) is 0 Å². The Balaban J connectivity index is 0.000000253. The van der Waals surface area contributed by atoms with Crippen LogP contribution in [0.15, 0.2) is 53.0 Å². The number of esters is 1. The van der Waals surface area contributed by atoms with Crippen molar-refractivity contribution >= 4 is 27.6 Å². The Morgan fingerprint density at radius 2 is 1.87 bits per heavy atom. The summed E-state index contributed by atoms with van der Waals surface area (Å²) in [4.78, 5) is 11.5. The minimum absolute atomic E-state index is 0.226. The highest BCUT2D eigenvalue weighted by atomic mass is 79.9. The molecule has 120 valence electrons. The number of hydrogen-bond acceptors (Lipinski definition) is 3. The third-order valence-corrected chi connectivity index (χ3v) is 3.85. The van der Waals surface area contributed by atoms with Gasteiger partial charge < -0.3 is 10.5 Å². The molecule has 0 bridgehead atoms. The molecule has 3 nitrogen and oxygen atoms in total. The number of halogens is 1. The van der Waals surface area contributed by atoms with Crippen molar-refractivity contribution in [1.29, 1.82) is 0 Å². The third kappa shape index (κ3) is 5.15. The van der Waals surface area contributed by atoms with Gasteiger partial charge in [0.1, 0.15) is 0 Å². The fourth-order valence-electron chi connectivity index (χ4n) is 1.88. The molecule has 0 aromatic heterocycles. The number of ether oxygens (including phenoxy) is 1. The van der Waals surface area contributed by atoms with E-state index >= 15 is 0 Å². The van der Waals surface area contributed by atoms with E-state index in [-0.39, 0.29) is 5.97 Å². The standard InChI is InChI=1S/C11H13BrO2.C8H7N/c1-11(2,10(13)14-3)8-5-4-6-9(12)7-8;1-2-7-5-3-4-6-8(7)9/h4-7H,1-3H3;1,3-6H,9H2. The first kappa shape index (κ1) is 18.8. The second-order valence-corrected chi connectivity index (χ2v) is 6.27. The molecule has 2 aromatic rings. The third-order valence-electron chi connectivity index (χ3n) is 3.36. The number of carbonyl (C=O) groups excluding carboxylic acids is 1. The molecule has 0 aliphatic rings. The lowest BCUT2D eigenvalue weighted by Gasteiger charge is -2.21. The average molecular weight is 374 g/mol. The minimum Gasteiger partial charge on any atom is -0.468 e. The first-order valence-corrected chi connectivity index (χ1v) is 7.77. The molecule has 4 heteroatoms. The molecule has 23 heavy (non-hydrogen) atoms. The molecule has 2 aromatic carbocycles. The van der Waals surface area contributed by atoms with E-state index in [1.165, 1.54) is 7.11 Å². The maximum absolute atomic E-state index is 11.5. The summed E-state index contributed by atoms with van der Waals surface area (Å²) in [6.07, 6.45) is 5.12. The summed E-state index contributed by atoms with van der Waals surface area (Å²) in [6, 6.07) is 15.0. The number of anilines is 1. The Morgan fingerprint density at radius 1 is 1.22 bits per heavy atom. The zero-order chi connectivity index (χ0) is 17.5. The smallest absolute Gasteiger partial charge is 0.315 e. The van der Waals surface area contributed by atoms with E-state index in [0.29, 0.717) is 5.69 Å². The van der Waals surface area contributed by atoms with Crippen LogP contribution in [0, 0.1) is 12.3 Å². The fraction of sp³-hybridized carbons (Fsp3) is 0.211. The van der Waals surface area contributed by atoms with Crippen LogP contribution >= 0.6 is 15.9 Å². The zero-order valence-corrected chi connectivity index (χ0v) is 15.1. The Labute approximate surface area is 146 Å². The maximum Gasteiger partial charge on any atom is 0.315 e. The lowest BCUT2D eigenvalue weighted by Crippen LogP contribution is -2.30. The normalized spacial score (nSPS) is 10.0. The van der Waals surface area contributed by atoms with E-state index in [4.69, 9.17) is 16.9 Å². The first-order chi connectivity index (χ1) is 10.8. The van der Waals surface area contributed by atoms with Gasteiger partial charge in [0, 0.05) is 15.7 Å². The number of carbonyl (C=O) groups is 1. The lowest BCUT2D eigenvalue weighted by molar-refractivity contribution is -0.146. The van der Waals surface area contributed by atoms with E-state index < -0.39 is 5.41 Å². The number of methoxy groups -OCH3 is 1. The van der Waals surface area contributed by atoms with Gasteiger partial charge in [-0.1, -0.05) is 46.1 Å². The van der Waals surface area contributed by atoms with Crippen LogP contribution in [-0.2, 0) is 14.9 Å². The second-order valence-electron chi connectivity index (χ2n) is 5.36. The van der Waals surface area contributed by atoms with Crippen molar-refractivity contribution in [2.24, 2.45) is 0 Å². The van der Waals surface area contributed by atoms with Gasteiger partial charge in [-0.05, 0) is 43.7 Å². The topological polar surface area (TPSA) is 52.3 Å². The molecule has 0 aliphatic heterocycles. The molecule has 0 fully saturated rings. The molecule has 0 saturated heterocycles. The molecule has 0 radical (unpaired) electrons. The molecule has 0 atom stereocenters. The van der Waals surface area contributed by atoms with Crippen LogP contribution in [0.2, 0.25) is 0 Å². The van der Waals surface area contributed by atoms with Crippen molar-refractivity contribution in [3.05, 3.63) is 64.1 Å². The summed E-state index contributed by atoms with van der Waals surface area (Å²) in [7, 11) is 1.40. The van der Waals surface area contributed by atoms with Gasteiger partial charge in [-0.3, -0.25) is 4.79 Å². The van der Waals surface area contributed by atoms with Gasteiger partial charge in [-0.15, -0.1) is 6.42 Å². The van der Waals surface area contributed by atoms with Crippen LogP contribution in [-0.4, -0.2) is 13.1 Å². The monoisotopic (exact) mass is 373 g/mol. The van der Waals surface area contributed by atoms with Gasteiger partial charge in [-0.25, -0.2) is 0 Å². The number of nitrogens with two attached hydrogens (primary N) is 1. The van der Waals surface area contributed by atoms with Crippen molar-refractivity contribution in [1.82, 2.24) is 0 Å². The molecule has 2 N–H and O–H groups in total. The van der Waals surface area contributed by atoms with Crippen molar-refractivity contribution in [3.8, 4) is 12.3 Å². The molecular formula is C19H20BrNO2. The Bertz CT molecular complexity index is 717. The summed E-state index contributed by atoms with van der Waals surface area (Å²) < 4.78 is 5.72. The molecule has 0 aliphatic carbocycles. The lowest BCUT2D eigenvalue weighted by atomic mass is 9.85. The first-order valence-electron chi connectivity index (χ1n) is 6.98. The van der Waals surface area contributed by atoms with Crippen LogP contribution in [0.4, 0.5) is 5.69 Å². The van der Waals surface area contributed by atoms with Crippen molar-refractivity contribution in [2.45, 2.75) is 19.3 Å². The van der Waals surface area contributed by atoms with E-state index in [2.05, 4.69) is 21.9 Å². The van der Waals surface area contributed by atoms with Gasteiger partial charge in [0.2, 0.25) is 0 Å². The van der Waals surface area contributed by atoms with Gasteiger partial charge in [0.05, 0.1) is 12.5 Å². The predicted molar refractivity (Wildman–Crippen MR) is 98.0 cm³/mol. The highest BCUT2D eigenvalue weighted by Crippen LogP contribution is 2.26. The summed E-state index contributed by atoms with van der Waals surface area (Å²) >= 11 is 3.37. The molecule has 0 amide bonds. The largest absolute Gasteiger partial charge is 0.468 e. The van der Waals surface area contributed by atoms with Crippen LogP contribution in [0.25, 0.3) is 0 Å². The average Bonchev–Trinajstić information content (AvgIpc) is 2.55. The summed E-state index contributed by atoms with van der Waals surface area (Å²) in [6.45, 7) is 3.70. The molecule has 0 spiro atoms. The van der Waals surface area contributed by atoms with E-state index in [1.54, 1.807) is 6.07 Å². The molecular weight excluding hydrogens is 354 g/mol. The number of terminal acetylenes is 1. The second kappa shape index (κ2) is 8.40. The minimum atomic E-state index is -0.599. The summed E-state index contributed by atoms with van der Waals surface area (Å²) in [5, 5.41) is 0. The highest BCUT2D eigenvalue weighted by molar-refractivity contribution is 9.10. The van der Waals surface area contributed by atoms with Crippen LogP contribution in [0.5, 0.6) is 0 Å². The van der Waals surface area contributed by atoms with Crippen molar-refractivity contribution in [2.75, 3.05) is 12.8 Å². The van der Waals surface area contributed by atoms with Crippen LogP contribution in [0.1, 0.15) is 25.0 Å². The number of hydrogen-bond donors (Lipinski definition) is 1. The van der Waals surface area contributed by atoms with Gasteiger partial charge >= 0.3 is 5.97 Å². The Hall–Kier alpha value is -2.25. The van der Waals surface area contributed by atoms with Crippen LogP contribution in [0.3, 0.4) is 0 Å². The van der Waals surface area contributed by atoms with E-state index in [0.717, 1.165) is 15.6 Å². The molecule has 0 saturated carbocycles. The maximum atomic E-state index is 11.5. The predicted octanol–water partition coefficient (Wildman–Crippen LogP) is 4.15. The number of para-hydroxylation sites is 1. The summed E-state index contributed by atoms with van der Waals surface area (Å²) in [5.41, 5.74) is 7.26. The number of nitrogen functional groups attached to an aromatic ring is 1. The van der Waals surface area contributed by atoms with Gasteiger partial charge in [0.15, 0.2) is 0 Å². The fourth-order valence-corrected chi connectivity index (χ4v) is 2.28. The molecule has 0 unspecified atom stereocenters. The SMILES string of the molecule is C#Cc1ccccc1N.COC(=O)C(C)(C)c1cccc(Br)c1. The quantitative estimate of drug-likeness (QED) is 0.488. The van der Waals surface area contributed by atoms with E-state index in [9.17, 15) is 4.79 Å². The van der Waals surface area contributed by atoms with Crippen molar-refractivity contribution in [3.63, 3.8) is 0 Å². The number of benzene rings is 2.